The van der Waals surface area contributed by atoms with Gasteiger partial charge in [-0.3, -0.25) is 4.79 Å². The zero-order valence-corrected chi connectivity index (χ0v) is 17.5. The van der Waals surface area contributed by atoms with Gasteiger partial charge >= 0.3 is 0 Å². The van der Waals surface area contributed by atoms with Gasteiger partial charge in [-0.1, -0.05) is 36.4 Å². The predicted molar refractivity (Wildman–Crippen MR) is 120 cm³/mol. The zero-order chi connectivity index (χ0) is 21.1. The van der Waals surface area contributed by atoms with Crippen molar-refractivity contribution in [1.82, 2.24) is 9.55 Å². The van der Waals surface area contributed by atoms with E-state index in [1.807, 2.05) is 86.0 Å². The smallest absolute Gasteiger partial charge is 0.244 e. The van der Waals surface area contributed by atoms with Gasteiger partial charge in [0.15, 0.2) is 0 Å². The van der Waals surface area contributed by atoms with Crippen molar-refractivity contribution in [2.24, 2.45) is 0 Å². The number of nitrogens with one attached hydrogen (secondary N) is 1. The predicted octanol–water partition coefficient (Wildman–Crippen LogP) is 5.18. The normalized spacial score (nSPS) is 10.9. The monoisotopic (exact) mass is 399 g/mol. The van der Waals surface area contributed by atoms with Crippen LogP contribution in [0.25, 0.3) is 11.0 Å². The summed E-state index contributed by atoms with van der Waals surface area (Å²) in [5.41, 5.74) is 5.86. The summed E-state index contributed by atoms with van der Waals surface area (Å²) in [7, 11) is 0. The lowest BCUT2D eigenvalue weighted by Crippen LogP contribution is -2.20. The van der Waals surface area contributed by atoms with Crippen LogP contribution in [0.5, 0.6) is 5.75 Å². The third-order valence-corrected chi connectivity index (χ3v) is 5.04. The molecule has 0 aliphatic rings. The molecule has 1 N–H and O–H groups in total. The maximum atomic E-state index is 12.8. The van der Waals surface area contributed by atoms with Crippen LogP contribution in [0.3, 0.4) is 0 Å². The summed E-state index contributed by atoms with van der Waals surface area (Å²) in [6, 6.07) is 21.7. The number of carbonyl (C=O) groups is 1. The molecule has 0 atom stereocenters. The summed E-state index contributed by atoms with van der Waals surface area (Å²) in [5, 5.41) is 2.97. The zero-order valence-electron chi connectivity index (χ0n) is 17.5. The average molecular weight is 399 g/mol. The van der Waals surface area contributed by atoms with E-state index >= 15 is 0 Å². The number of anilines is 1. The lowest BCUT2D eigenvalue weighted by atomic mass is 10.1. The minimum atomic E-state index is -0.100. The van der Waals surface area contributed by atoms with Crippen molar-refractivity contribution in [2.45, 2.75) is 33.9 Å². The van der Waals surface area contributed by atoms with Gasteiger partial charge in [0.1, 0.15) is 24.7 Å². The molecule has 4 rings (SSSR count). The third-order valence-electron chi connectivity index (χ3n) is 5.04. The van der Waals surface area contributed by atoms with Crippen molar-refractivity contribution in [3.63, 3.8) is 0 Å². The van der Waals surface area contributed by atoms with Crippen molar-refractivity contribution in [3.8, 4) is 5.75 Å². The standard InChI is InChI=1S/C25H25N3O2/c1-17-7-6-8-20(13-17)26-25(29)15-28-22-10-5-4-9-21(22)27-24(28)16-30-23-14-18(2)11-12-19(23)3/h4-14H,15-16H2,1-3H3,(H,26,29). The molecular formula is C25H25N3O2. The molecule has 0 bridgehead atoms. The molecule has 0 radical (unpaired) electrons. The number of hydrogen-bond donors (Lipinski definition) is 1. The summed E-state index contributed by atoms with van der Waals surface area (Å²) in [4.78, 5) is 17.5. The van der Waals surface area contributed by atoms with E-state index in [1.54, 1.807) is 0 Å². The molecule has 0 aliphatic heterocycles. The van der Waals surface area contributed by atoms with E-state index in [0.29, 0.717) is 0 Å². The largest absolute Gasteiger partial charge is 0.485 e. The molecule has 0 saturated heterocycles. The number of nitrogens with zero attached hydrogens (tertiary/aromatic N) is 2. The van der Waals surface area contributed by atoms with Crippen LogP contribution in [0.2, 0.25) is 0 Å². The number of carbonyl (C=O) groups excluding carboxylic acids is 1. The molecule has 1 heterocycles. The number of ether oxygens (including phenoxy) is 1. The molecule has 0 spiro atoms. The summed E-state index contributed by atoms with van der Waals surface area (Å²) in [6.07, 6.45) is 0. The van der Waals surface area contributed by atoms with E-state index < -0.39 is 0 Å². The number of imidazole rings is 1. The van der Waals surface area contributed by atoms with Gasteiger partial charge in [0.25, 0.3) is 0 Å². The van der Waals surface area contributed by atoms with Crippen molar-refractivity contribution in [2.75, 3.05) is 5.32 Å². The number of aromatic nitrogens is 2. The van der Waals surface area contributed by atoms with Gasteiger partial charge in [0.05, 0.1) is 11.0 Å². The number of benzene rings is 3. The first kappa shape index (κ1) is 19.7. The maximum Gasteiger partial charge on any atom is 0.244 e. The average Bonchev–Trinajstić information content (AvgIpc) is 3.06. The van der Waals surface area contributed by atoms with Crippen LogP contribution in [-0.2, 0) is 17.9 Å². The molecule has 152 valence electrons. The van der Waals surface area contributed by atoms with E-state index in [1.165, 1.54) is 0 Å². The van der Waals surface area contributed by atoms with Crippen LogP contribution in [0.15, 0.2) is 66.7 Å². The summed E-state index contributed by atoms with van der Waals surface area (Å²) in [5.74, 6) is 1.45. The van der Waals surface area contributed by atoms with E-state index in [9.17, 15) is 4.79 Å². The van der Waals surface area contributed by atoms with E-state index in [4.69, 9.17) is 9.72 Å². The van der Waals surface area contributed by atoms with Crippen LogP contribution < -0.4 is 10.1 Å². The van der Waals surface area contributed by atoms with Gasteiger partial charge in [0.2, 0.25) is 5.91 Å². The Kier molecular flexibility index (Phi) is 5.53. The van der Waals surface area contributed by atoms with Crippen molar-refractivity contribution >= 4 is 22.6 Å². The summed E-state index contributed by atoms with van der Waals surface area (Å²) >= 11 is 0. The van der Waals surface area contributed by atoms with Crippen LogP contribution in [0, 0.1) is 20.8 Å². The molecule has 1 amide bonds. The van der Waals surface area contributed by atoms with Gasteiger partial charge in [-0.25, -0.2) is 4.98 Å². The van der Waals surface area contributed by atoms with Crippen molar-refractivity contribution in [3.05, 3.63) is 89.2 Å². The molecule has 3 aromatic carbocycles. The summed E-state index contributed by atoms with van der Waals surface area (Å²) < 4.78 is 8.00. The Hall–Kier alpha value is -3.60. The first-order valence-corrected chi connectivity index (χ1v) is 10.0. The molecule has 1 aromatic heterocycles. The molecule has 5 heteroatoms. The molecule has 30 heavy (non-hydrogen) atoms. The maximum absolute atomic E-state index is 12.8. The Labute approximate surface area is 176 Å². The van der Waals surface area contributed by atoms with Crippen LogP contribution in [0.1, 0.15) is 22.5 Å². The third kappa shape index (κ3) is 4.35. The Morgan fingerprint density at radius 2 is 1.77 bits per heavy atom. The number of hydrogen-bond acceptors (Lipinski definition) is 3. The Morgan fingerprint density at radius 3 is 2.60 bits per heavy atom. The highest BCUT2D eigenvalue weighted by Crippen LogP contribution is 2.22. The molecule has 4 aromatic rings. The second-order valence-corrected chi connectivity index (χ2v) is 7.58. The Balaban J connectivity index is 1.58. The number of amides is 1. The molecule has 0 aliphatic carbocycles. The Bertz CT molecular complexity index is 1210. The highest BCUT2D eigenvalue weighted by Gasteiger charge is 2.15. The fraction of sp³-hybridized carbons (Fsp3) is 0.200. The van der Waals surface area contributed by atoms with E-state index in [0.717, 1.165) is 45.0 Å². The first-order valence-electron chi connectivity index (χ1n) is 10.0. The van der Waals surface area contributed by atoms with Gasteiger partial charge < -0.3 is 14.6 Å². The molecular weight excluding hydrogens is 374 g/mol. The number of para-hydroxylation sites is 2. The highest BCUT2D eigenvalue weighted by atomic mass is 16.5. The first-order chi connectivity index (χ1) is 14.5. The lowest BCUT2D eigenvalue weighted by Gasteiger charge is -2.13. The Morgan fingerprint density at radius 1 is 0.967 bits per heavy atom. The van der Waals surface area contributed by atoms with Crippen molar-refractivity contribution in [1.29, 1.82) is 0 Å². The van der Waals surface area contributed by atoms with E-state index in [-0.39, 0.29) is 19.1 Å². The summed E-state index contributed by atoms with van der Waals surface area (Å²) in [6.45, 7) is 6.52. The van der Waals surface area contributed by atoms with Crippen LogP contribution in [0.4, 0.5) is 5.69 Å². The van der Waals surface area contributed by atoms with Crippen LogP contribution in [-0.4, -0.2) is 15.5 Å². The van der Waals surface area contributed by atoms with Gasteiger partial charge in [-0.2, -0.15) is 0 Å². The highest BCUT2D eigenvalue weighted by molar-refractivity contribution is 5.91. The van der Waals surface area contributed by atoms with Gasteiger partial charge in [0, 0.05) is 5.69 Å². The molecule has 5 nitrogen and oxygen atoms in total. The second-order valence-electron chi connectivity index (χ2n) is 7.58. The minimum absolute atomic E-state index is 0.100. The quantitative estimate of drug-likeness (QED) is 0.486. The lowest BCUT2D eigenvalue weighted by molar-refractivity contribution is -0.116. The fourth-order valence-corrected chi connectivity index (χ4v) is 3.48. The fourth-order valence-electron chi connectivity index (χ4n) is 3.48. The molecule has 0 fully saturated rings. The molecule has 0 unspecified atom stereocenters. The second kappa shape index (κ2) is 8.41. The number of fused-ring (bicyclic) bond motifs is 1. The topological polar surface area (TPSA) is 56.2 Å². The van der Waals surface area contributed by atoms with Gasteiger partial charge in [-0.15, -0.1) is 0 Å². The van der Waals surface area contributed by atoms with Gasteiger partial charge in [-0.05, 0) is 67.8 Å². The van der Waals surface area contributed by atoms with Crippen LogP contribution >= 0.6 is 0 Å². The SMILES string of the molecule is Cc1cccc(NC(=O)Cn2c(COc3cc(C)ccc3C)nc3ccccc32)c1. The number of rotatable bonds is 6. The van der Waals surface area contributed by atoms with E-state index in [2.05, 4.69) is 11.4 Å². The van der Waals surface area contributed by atoms with Crippen molar-refractivity contribution < 1.29 is 9.53 Å². The minimum Gasteiger partial charge on any atom is -0.485 e. The number of aryl methyl sites for hydroxylation is 3. The molecule has 0 saturated carbocycles.